The Hall–Kier alpha value is -2.28. The van der Waals surface area contributed by atoms with E-state index in [-0.39, 0.29) is 11.9 Å². The van der Waals surface area contributed by atoms with Crippen molar-refractivity contribution in [3.63, 3.8) is 0 Å². The normalized spacial score (nSPS) is 18.8. The number of aryl methyl sites for hydroxylation is 2. The molecule has 1 fully saturated rings. The van der Waals surface area contributed by atoms with Crippen molar-refractivity contribution in [2.24, 2.45) is 0 Å². The molecular formula is C16H21N5O2. The van der Waals surface area contributed by atoms with Gasteiger partial charge in [0.05, 0.1) is 11.9 Å². The number of aromatic nitrogens is 3. The fraction of sp³-hybridized carbons (Fsp3) is 0.500. The summed E-state index contributed by atoms with van der Waals surface area (Å²) in [6.45, 7) is 6.53. The summed E-state index contributed by atoms with van der Waals surface area (Å²) in [4.78, 5) is 22.5. The summed E-state index contributed by atoms with van der Waals surface area (Å²) in [5, 5.41) is 7.05. The van der Waals surface area contributed by atoms with Crippen LogP contribution in [0, 0.1) is 13.8 Å². The summed E-state index contributed by atoms with van der Waals surface area (Å²) in [5.41, 5.74) is 2.44. The predicted molar refractivity (Wildman–Crippen MR) is 83.8 cm³/mol. The van der Waals surface area contributed by atoms with E-state index in [1.165, 1.54) is 12.4 Å². The van der Waals surface area contributed by atoms with E-state index in [0.717, 1.165) is 49.5 Å². The summed E-state index contributed by atoms with van der Waals surface area (Å²) in [6.07, 6.45) is 6.60. The Balaban J connectivity index is 1.59. The van der Waals surface area contributed by atoms with E-state index in [0.29, 0.717) is 5.69 Å². The second-order valence-electron chi connectivity index (χ2n) is 5.94. The Morgan fingerprint density at radius 2 is 2.30 bits per heavy atom. The third-order valence-corrected chi connectivity index (χ3v) is 4.20. The van der Waals surface area contributed by atoms with Gasteiger partial charge in [0.15, 0.2) is 0 Å². The molecule has 0 bridgehead atoms. The molecule has 1 aliphatic rings. The largest absolute Gasteiger partial charge is 0.361 e. The zero-order valence-corrected chi connectivity index (χ0v) is 13.5. The Morgan fingerprint density at radius 1 is 1.43 bits per heavy atom. The zero-order chi connectivity index (χ0) is 16.2. The first kappa shape index (κ1) is 15.6. The van der Waals surface area contributed by atoms with Gasteiger partial charge in [-0.2, -0.15) is 0 Å². The second-order valence-corrected chi connectivity index (χ2v) is 5.94. The molecule has 1 amide bonds. The molecule has 7 heteroatoms. The lowest BCUT2D eigenvalue weighted by atomic mass is 10.0. The molecule has 3 rings (SSSR count). The minimum atomic E-state index is -0.165. The van der Waals surface area contributed by atoms with Gasteiger partial charge < -0.3 is 9.84 Å². The molecule has 0 radical (unpaired) electrons. The fourth-order valence-electron chi connectivity index (χ4n) is 2.94. The van der Waals surface area contributed by atoms with Crippen LogP contribution in [0.2, 0.25) is 0 Å². The van der Waals surface area contributed by atoms with Gasteiger partial charge >= 0.3 is 0 Å². The van der Waals surface area contributed by atoms with Crippen LogP contribution < -0.4 is 5.32 Å². The number of carbonyl (C=O) groups excluding carboxylic acids is 1. The number of hydrogen-bond acceptors (Lipinski definition) is 6. The van der Waals surface area contributed by atoms with Gasteiger partial charge in [0.2, 0.25) is 0 Å². The minimum Gasteiger partial charge on any atom is -0.361 e. The molecule has 2 aromatic rings. The maximum Gasteiger partial charge on any atom is 0.271 e. The molecule has 1 saturated heterocycles. The van der Waals surface area contributed by atoms with Crippen LogP contribution in [0.15, 0.2) is 23.1 Å². The van der Waals surface area contributed by atoms with Crippen molar-refractivity contribution in [3.8, 4) is 0 Å². The zero-order valence-electron chi connectivity index (χ0n) is 13.5. The average molecular weight is 315 g/mol. The van der Waals surface area contributed by atoms with E-state index in [1.807, 2.05) is 13.8 Å². The van der Waals surface area contributed by atoms with E-state index in [9.17, 15) is 4.79 Å². The molecule has 122 valence electrons. The van der Waals surface area contributed by atoms with Gasteiger partial charge in [0.1, 0.15) is 11.5 Å². The number of nitrogens with one attached hydrogen (secondary N) is 1. The SMILES string of the molecule is Cc1noc(C)c1CN1CCC[C@H](NC(=O)c2cnccn2)C1. The number of hydrogen-bond donors (Lipinski definition) is 1. The quantitative estimate of drug-likeness (QED) is 0.920. The molecule has 0 aliphatic carbocycles. The molecule has 1 N–H and O–H groups in total. The van der Waals surface area contributed by atoms with Crippen molar-refractivity contribution in [2.75, 3.05) is 13.1 Å². The lowest BCUT2D eigenvalue weighted by molar-refractivity contribution is 0.0895. The van der Waals surface area contributed by atoms with Crippen molar-refractivity contribution >= 4 is 5.91 Å². The molecule has 0 saturated carbocycles. The Kier molecular flexibility index (Phi) is 4.66. The molecule has 3 heterocycles. The van der Waals surface area contributed by atoms with Crippen molar-refractivity contribution in [2.45, 2.75) is 39.3 Å². The van der Waals surface area contributed by atoms with Crippen molar-refractivity contribution < 1.29 is 9.32 Å². The number of rotatable bonds is 4. The summed E-state index contributed by atoms with van der Waals surface area (Å²) in [7, 11) is 0. The third kappa shape index (κ3) is 3.73. The number of likely N-dealkylation sites (tertiary alicyclic amines) is 1. The van der Waals surface area contributed by atoms with Crippen LogP contribution in [0.5, 0.6) is 0 Å². The molecule has 1 atom stereocenters. The Morgan fingerprint density at radius 3 is 3.00 bits per heavy atom. The topological polar surface area (TPSA) is 84.2 Å². The van der Waals surface area contributed by atoms with Gasteiger partial charge in [0, 0.05) is 37.1 Å². The second kappa shape index (κ2) is 6.87. The van der Waals surface area contributed by atoms with Gasteiger partial charge in [-0.25, -0.2) is 4.98 Å². The van der Waals surface area contributed by atoms with Crippen molar-refractivity contribution in [1.82, 2.24) is 25.3 Å². The summed E-state index contributed by atoms with van der Waals surface area (Å²) < 4.78 is 5.22. The number of amides is 1. The highest BCUT2D eigenvalue weighted by Gasteiger charge is 2.24. The highest BCUT2D eigenvalue weighted by Crippen LogP contribution is 2.18. The highest BCUT2D eigenvalue weighted by atomic mass is 16.5. The first-order valence-corrected chi connectivity index (χ1v) is 7.84. The summed E-state index contributed by atoms with van der Waals surface area (Å²) in [6, 6.07) is 0.124. The van der Waals surface area contributed by atoms with E-state index in [1.54, 1.807) is 6.20 Å². The summed E-state index contributed by atoms with van der Waals surface area (Å²) >= 11 is 0. The number of nitrogens with zero attached hydrogens (tertiary/aromatic N) is 4. The van der Waals surface area contributed by atoms with Crippen LogP contribution in [0.3, 0.4) is 0 Å². The van der Waals surface area contributed by atoms with Crippen molar-refractivity contribution in [3.05, 3.63) is 41.3 Å². The van der Waals surface area contributed by atoms with Gasteiger partial charge in [-0.05, 0) is 33.2 Å². The first-order chi connectivity index (χ1) is 11.1. The molecule has 7 nitrogen and oxygen atoms in total. The monoisotopic (exact) mass is 315 g/mol. The van der Waals surface area contributed by atoms with Gasteiger partial charge in [0.25, 0.3) is 5.91 Å². The molecular weight excluding hydrogens is 294 g/mol. The van der Waals surface area contributed by atoms with Crippen LogP contribution in [-0.2, 0) is 6.54 Å². The van der Waals surface area contributed by atoms with E-state index < -0.39 is 0 Å². The number of carbonyl (C=O) groups is 1. The standard InChI is InChI=1S/C16H21N5O2/c1-11-14(12(2)23-20-11)10-21-7-3-4-13(9-21)19-16(22)15-8-17-5-6-18-15/h5-6,8,13H,3-4,7,9-10H2,1-2H3,(H,19,22)/t13-/m0/s1. The van der Waals surface area contributed by atoms with Crippen LogP contribution >= 0.6 is 0 Å². The molecule has 0 unspecified atom stereocenters. The Labute approximate surface area is 135 Å². The predicted octanol–water partition coefficient (Wildman–Crippen LogP) is 1.48. The van der Waals surface area contributed by atoms with Gasteiger partial charge in [-0.15, -0.1) is 0 Å². The van der Waals surface area contributed by atoms with Crippen molar-refractivity contribution in [1.29, 1.82) is 0 Å². The summed E-state index contributed by atoms with van der Waals surface area (Å²) in [5.74, 6) is 0.704. The van der Waals surface area contributed by atoms with E-state index in [4.69, 9.17) is 4.52 Å². The van der Waals surface area contributed by atoms with E-state index >= 15 is 0 Å². The van der Waals surface area contributed by atoms with Crippen LogP contribution in [0.25, 0.3) is 0 Å². The minimum absolute atomic E-state index is 0.124. The Bertz CT molecular complexity index is 651. The molecule has 23 heavy (non-hydrogen) atoms. The van der Waals surface area contributed by atoms with Crippen LogP contribution in [0.4, 0.5) is 0 Å². The number of piperidine rings is 1. The molecule has 1 aliphatic heterocycles. The highest BCUT2D eigenvalue weighted by molar-refractivity contribution is 5.92. The van der Waals surface area contributed by atoms with E-state index in [2.05, 4.69) is 25.3 Å². The molecule has 2 aromatic heterocycles. The first-order valence-electron chi connectivity index (χ1n) is 7.84. The lowest BCUT2D eigenvalue weighted by Gasteiger charge is -2.33. The van der Waals surface area contributed by atoms with Gasteiger partial charge in [-0.1, -0.05) is 5.16 Å². The van der Waals surface area contributed by atoms with Gasteiger partial charge in [-0.3, -0.25) is 14.7 Å². The maximum absolute atomic E-state index is 12.2. The third-order valence-electron chi connectivity index (χ3n) is 4.20. The lowest BCUT2D eigenvalue weighted by Crippen LogP contribution is -2.47. The smallest absolute Gasteiger partial charge is 0.271 e. The fourth-order valence-corrected chi connectivity index (χ4v) is 2.94. The molecule has 0 aromatic carbocycles. The maximum atomic E-state index is 12.2. The molecule has 0 spiro atoms. The van der Waals surface area contributed by atoms with Crippen LogP contribution in [-0.4, -0.2) is 45.1 Å². The van der Waals surface area contributed by atoms with Crippen LogP contribution in [0.1, 0.15) is 40.3 Å². The average Bonchev–Trinajstić information content (AvgIpc) is 2.88.